The third-order valence-corrected chi connectivity index (χ3v) is 4.67. The van der Waals surface area contributed by atoms with Gasteiger partial charge in [-0.25, -0.2) is 8.78 Å². The van der Waals surface area contributed by atoms with Crippen molar-refractivity contribution >= 4 is 0 Å². The van der Waals surface area contributed by atoms with Crippen molar-refractivity contribution in [2.45, 2.75) is 44.3 Å². The van der Waals surface area contributed by atoms with Crippen molar-refractivity contribution in [1.82, 2.24) is 5.32 Å². The molecule has 1 spiro atoms. The van der Waals surface area contributed by atoms with Gasteiger partial charge in [0.25, 0.3) is 0 Å². The zero-order chi connectivity index (χ0) is 14.2. The molecule has 0 bridgehead atoms. The molecule has 1 N–H and O–H groups in total. The summed E-state index contributed by atoms with van der Waals surface area (Å²) in [5.74, 6) is -0.852. The average Bonchev–Trinajstić information content (AvgIpc) is 2.46. The molecule has 2 fully saturated rings. The first-order chi connectivity index (χ1) is 9.58. The largest absolute Gasteiger partial charge is 0.364 e. The topological polar surface area (TPSA) is 21.3 Å². The molecule has 1 atom stereocenters. The van der Waals surface area contributed by atoms with Crippen LogP contribution in [0.1, 0.15) is 44.3 Å². The Balaban J connectivity index is 1.76. The van der Waals surface area contributed by atoms with E-state index in [2.05, 4.69) is 12.2 Å². The lowest BCUT2D eigenvalue weighted by atomic mass is 9.78. The number of morpholine rings is 1. The van der Waals surface area contributed by atoms with E-state index in [1.165, 1.54) is 25.0 Å². The van der Waals surface area contributed by atoms with Gasteiger partial charge in [-0.15, -0.1) is 0 Å². The van der Waals surface area contributed by atoms with Crippen LogP contribution in [0.4, 0.5) is 8.78 Å². The number of benzene rings is 1. The van der Waals surface area contributed by atoms with Gasteiger partial charge in [0.05, 0.1) is 11.7 Å². The minimum Gasteiger partial charge on any atom is -0.364 e. The van der Waals surface area contributed by atoms with Crippen molar-refractivity contribution in [1.29, 1.82) is 0 Å². The molecule has 1 aliphatic heterocycles. The summed E-state index contributed by atoms with van der Waals surface area (Å²) in [5, 5.41) is 3.40. The predicted octanol–water partition coefficient (Wildman–Crippen LogP) is 3.57. The van der Waals surface area contributed by atoms with Gasteiger partial charge >= 0.3 is 0 Å². The van der Waals surface area contributed by atoms with Gasteiger partial charge in [0.2, 0.25) is 0 Å². The van der Waals surface area contributed by atoms with Crippen LogP contribution < -0.4 is 5.32 Å². The van der Waals surface area contributed by atoms with Crippen LogP contribution >= 0.6 is 0 Å². The Bertz CT molecular complexity index is 483. The lowest BCUT2D eigenvalue weighted by Crippen LogP contribution is -2.52. The average molecular weight is 281 g/mol. The molecule has 0 aromatic heterocycles. The van der Waals surface area contributed by atoms with Crippen molar-refractivity contribution in [3.63, 3.8) is 0 Å². The highest BCUT2D eigenvalue weighted by Crippen LogP contribution is 2.39. The van der Waals surface area contributed by atoms with Crippen molar-refractivity contribution in [3.05, 3.63) is 35.4 Å². The molecule has 1 saturated heterocycles. The fourth-order valence-electron chi connectivity index (χ4n) is 3.30. The van der Waals surface area contributed by atoms with Crippen LogP contribution in [0, 0.1) is 17.6 Å². The van der Waals surface area contributed by atoms with Crippen molar-refractivity contribution < 1.29 is 13.5 Å². The number of nitrogens with one attached hydrogen (secondary N) is 1. The zero-order valence-electron chi connectivity index (χ0n) is 11.8. The summed E-state index contributed by atoms with van der Waals surface area (Å²) >= 11 is 0. The Kier molecular flexibility index (Phi) is 3.78. The molecule has 0 radical (unpaired) electrons. The van der Waals surface area contributed by atoms with Gasteiger partial charge in [-0.05, 0) is 49.3 Å². The molecule has 1 aromatic rings. The molecular formula is C16H21F2NO. The molecule has 1 unspecified atom stereocenters. The predicted molar refractivity (Wildman–Crippen MR) is 73.4 cm³/mol. The number of ether oxygens (including phenoxy) is 1. The second-order valence-corrected chi connectivity index (χ2v) is 6.28. The van der Waals surface area contributed by atoms with E-state index < -0.39 is 11.6 Å². The van der Waals surface area contributed by atoms with Gasteiger partial charge in [-0.2, -0.15) is 0 Å². The molecule has 110 valence electrons. The van der Waals surface area contributed by atoms with Gasteiger partial charge in [0.1, 0.15) is 0 Å². The smallest absolute Gasteiger partial charge is 0.159 e. The van der Waals surface area contributed by atoms with Crippen LogP contribution in [0.25, 0.3) is 0 Å². The van der Waals surface area contributed by atoms with Gasteiger partial charge in [-0.3, -0.25) is 0 Å². The second kappa shape index (κ2) is 5.41. The number of hydrogen-bond acceptors (Lipinski definition) is 2. The van der Waals surface area contributed by atoms with Gasteiger partial charge in [-0.1, -0.05) is 13.0 Å². The molecule has 3 rings (SSSR count). The summed E-state index contributed by atoms with van der Waals surface area (Å²) < 4.78 is 32.7. The molecule has 1 saturated carbocycles. The minimum absolute atomic E-state index is 0.125. The summed E-state index contributed by atoms with van der Waals surface area (Å²) in [6, 6.07) is 4.06. The monoisotopic (exact) mass is 281 g/mol. The van der Waals surface area contributed by atoms with E-state index in [4.69, 9.17) is 4.74 Å². The van der Waals surface area contributed by atoms with E-state index >= 15 is 0 Å². The first-order valence-corrected chi connectivity index (χ1v) is 7.41. The van der Waals surface area contributed by atoms with E-state index in [9.17, 15) is 8.78 Å². The van der Waals surface area contributed by atoms with Crippen LogP contribution in [0.3, 0.4) is 0 Å². The van der Waals surface area contributed by atoms with E-state index in [0.29, 0.717) is 12.1 Å². The lowest BCUT2D eigenvalue weighted by molar-refractivity contribution is -0.140. The minimum atomic E-state index is -0.807. The van der Waals surface area contributed by atoms with E-state index in [1.807, 2.05) is 0 Å². The van der Waals surface area contributed by atoms with Gasteiger partial charge < -0.3 is 10.1 Å². The SMILES string of the molecule is CC1CCC2(CC1)CNCC(c1ccc(F)c(F)c1)O2. The van der Waals surface area contributed by atoms with Gasteiger partial charge in [0.15, 0.2) is 11.6 Å². The summed E-state index contributed by atoms with van der Waals surface area (Å²) in [6.45, 7) is 3.79. The molecule has 20 heavy (non-hydrogen) atoms. The van der Waals surface area contributed by atoms with Crippen LogP contribution in [0.5, 0.6) is 0 Å². The Morgan fingerprint density at radius 1 is 1.20 bits per heavy atom. The lowest BCUT2D eigenvalue weighted by Gasteiger charge is -2.45. The summed E-state index contributed by atoms with van der Waals surface area (Å²) in [5.41, 5.74) is 0.592. The molecule has 0 amide bonds. The fourth-order valence-corrected chi connectivity index (χ4v) is 3.30. The fraction of sp³-hybridized carbons (Fsp3) is 0.625. The highest BCUT2D eigenvalue weighted by molar-refractivity contribution is 5.21. The molecule has 1 aliphatic carbocycles. The number of hydrogen-bond donors (Lipinski definition) is 1. The van der Waals surface area contributed by atoms with Gasteiger partial charge in [0, 0.05) is 13.1 Å². The Hall–Kier alpha value is -1.00. The highest BCUT2D eigenvalue weighted by atomic mass is 19.2. The van der Waals surface area contributed by atoms with Crippen LogP contribution in [0.15, 0.2) is 18.2 Å². The van der Waals surface area contributed by atoms with Crippen molar-refractivity contribution in [2.75, 3.05) is 13.1 Å². The maximum absolute atomic E-state index is 13.4. The standard InChI is InChI=1S/C16H21F2NO/c1-11-4-6-16(7-5-11)10-19-9-15(20-16)12-2-3-13(17)14(18)8-12/h2-3,8,11,15,19H,4-7,9-10H2,1H3. The van der Waals surface area contributed by atoms with Crippen LogP contribution in [-0.4, -0.2) is 18.7 Å². The Morgan fingerprint density at radius 3 is 2.65 bits per heavy atom. The quantitative estimate of drug-likeness (QED) is 0.849. The number of rotatable bonds is 1. The van der Waals surface area contributed by atoms with Crippen LogP contribution in [0.2, 0.25) is 0 Å². The zero-order valence-corrected chi connectivity index (χ0v) is 11.8. The molecule has 2 aliphatic rings. The summed E-state index contributed by atoms with van der Waals surface area (Å²) in [7, 11) is 0. The molecular weight excluding hydrogens is 260 g/mol. The maximum Gasteiger partial charge on any atom is 0.159 e. The highest BCUT2D eigenvalue weighted by Gasteiger charge is 2.40. The Morgan fingerprint density at radius 2 is 1.95 bits per heavy atom. The maximum atomic E-state index is 13.4. The summed E-state index contributed by atoms with van der Waals surface area (Å²) in [6.07, 6.45) is 4.24. The second-order valence-electron chi connectivity index (χ2n) is 6.28. The third kappa shape index (κ3) is 2.72. The van der Waals surface area contributed by atoms with E-state index in [1.54, 1.807) is 6.07 Å². The molecule has 4 heteroatoms. The Labute approximate surface area is 118 Å². The third-order valence-electron chi connectivity index (χ3n) is 4.67. The number of halogens is 2. The summed E-state index contributed by atoms with van der Waals surface area (Å²) in [4.78, 5) is 0. The molecule has 1 aromatic carbocycles. The van der Waals surface area contributed by atoms with Crippen molar-refractivity contribution in [3.8, 4) is 0 Å². The first kappa shape index (κ1) is 14.0. The first-order valence-electron chi connectivity index (χ1n) is 7.41. The van der Waals surface area contributed by atoms with E-state index in [0.717, 1.165) is 25.3 Å². The van der Waals surface area contributed by atoms with E-state index in [-0.39, 0.29) is 11.7 Å². The molecule has 1 heterocycles. The molecule has 2 nitrogen and oxygen atoms in total. The van der Waals surface area contributed by atoms with Crippen molar-refractivity contribution in [2.24, 2.45) is 5.92 Å². The van der Waals surface area contributed by atoms with Crippen LogP contribution in [-0.2, 0) is 4.74 Å². The normalized spacial score (nSPS) is 34.4.